The topological polar surface area (TPSA) is 218 Å². The van der Waals surface area contributed by atoms with Crippen molar-refractivity contribution in [2.45, 2.75) is 74.6 Å². The number of amidine groups is 2. The van der Waals surface area contributed by atoms with E-state index in [0.29, 0.717) is 36.3 Å². The lowest BCUT2D eigenvalue weighted by Crippen LogP contribution is -2.21. The van der Waals surface area contributed by atoms with Crippen molar-refractivity contribution in [2.24, 2.45) is 16.6 Å². The first kappa shape index (κ1) is 74.4. The van der Waals surface area contributed by atoms with Crippen LogP contribution in [0.25, 0.3) is 37.2 Å². The quantitative estimate of drug-likeness (QED) is 0.0116. The zero-order valence-corrected chi connectivity index (χ0v) is 61.3. The standard InChI is InChI=1S/C27H31N3O4.C26H29N3O3.C26H26N2O3.I2/c1-30-13-12-24(17-30)34-23-10-8-20(9-11-23)25(27(31)32-2)15-18-4-5-19-6-7-21(16-22(19)14-18)26(28)29-33-3;1-29-12-11-23(16-29)32-22-9-7-19(8-10-22)24(26(30)31-2)14-17-3-4-18-5-6-20(25(27)28)15-21(18)13-17;1-27-22-9-6-19-5-4-18(14-21(19)16-22)15-25(26(29)30-3)20-7-10-23(11-8-20)31-24-12-13-28(2)17-24;1-2/h4-11,14,16,24-25H,12-13,15,17H2,1-3H3,(H2,28,29);3-10,13,15,23-24H,11-12,14,16H2,1-2H3,(H3,27,28);4-11,14,16,24-25H,12-13,15,17H2,2-3H3;. The molecule has 3 heterocycles. The summed E-state index contributed by atoms with van der Waals surface area (Å²) in [5.41, 5.74) is 19.4. The number of nitrogen functional groups attached to an aromatic ring is 1. The van der Waals surface area contributed by atoms with Gasteiger partial charge in [0.15, 0.2) is 11.5 Å². The molecule has 5 N–H and O–H groups in total. The van der Waals surface area contributed by atoms with Crippen LogP contribution in [0.1, 0.15) is 81.5 Å². The van der Waals surface area contributed by atoms with Crippen LogP contribution in [0.3, 0.4) is 0 Å². The van der Waals surface area contributed by atoms with E-state index in [2.05, 4.69) is 89.1 Å². The fourth-order valence-electron chi connectivity index (χ4n) is 12.8. The van der Waals surface area contributed by atoms with Crippen LogP contribution >= 0.6 is 37.2 Å². The van der Waals surface area contributed by atoms with Gasteiger partial charge in [-0.3, -0.25) is 19.8 Å². The van der Waals surface area contributed by atoms with Gasteiger partial charge in [-0.05, 0) is 180 Å². The Hall–Kier alpha value is -8.86. The van der Waals surface area contributed by atoms with Crippen LogP contribution in [0, 0.1) is 12.0 Å². The van der Waals surface area contributed by atoms with Gasteiger partial charge in [-0.2, -0.15) is 0 Å². The third-order valence-electron chi connectivity index (χ3n) is 18.2. The van der Waals surface area contributed by atoms with Gasteiger partial charge >= 0.3 is 17.9 Å². The fourth-order valence-corrected chi connectivity index (χ4v) is 12.8. The number of ether oxygens (including phenoxy) is 6. The largest absolute Gasteiger partial charge is 0.489 e. The molecule has 3 aliphatic heterocycles. The molecule has 9 aromatic carbocycles. The van der Waals surface area contributed by atoms with Gasteiger partial charge in [0.25, 0.3) is 0 Å². The molecule has 18 nitrogen and oxygen atoms in total. The Labute approximate surface area is 603 Å². The van der Waals surface area contributed by atoms with Crippen molar-refractivity contribution in [2.75, 3.05) is 88.9 Å². The molecule has 3 saturated heterocycles. The van der Waals surface area contributed by atoms with Gasteiger partial charge in [-0.25, -0.2) is 4.85 Å². The summed E-state index contributed by atoms with van der Waals surface area (Å²) in [6, 6.07) is 58.9. The summed E-state index contributed by atoms with van der Waals surface area (Å²) in [6.07, 6.45) is 5.26. The molecule has 6 unspecified atom stereocenters. The summed E-state index contributed by atoms with van der Waals surface area (Å²) >= 11 is 4.24. The molecule has 0 aliphatic carbocycles. The molecule has 99 heavy (non-hydrogen) atoms. The molecule has 0 amide bonds. The van der Waals surface area contributed by atoms with E-state index in [9.17, 15) is 14.4 Å². The normalized spacial score (nSPS) is 17.1. The molecule has 516 valence electrons. The number of hydrogen-bond donors (Lipinski definition) is 3. The van der Waals surface area contributed by atoms with Crippen molar-refractivity contribution >= 4 is 105 Å². The number of nitrogens with two attached hydrogens (primary N) is 2. The Morgan fingerprint density at radius 3 is 1.11 bits per heavy atom. The Bertz CT molecular complexity index is 4300. The van der Waals surface area contributed by atoms with E-state index in [4.69, 9.17) is 56.7 Å². The number of carbonyl (C=O) groups excluding carboxylic acids is 3. The van der Waals surface area contributed by atoms with Crippen molar-refractivity contribution in [1.82, 2.24) is 14.7 Å². The van der Waals surface area contributed by atoms with Crippen molar-refractivity contribution in [3.63, 3.8) is 0 Å². The van der Waals surface area contributed by atoms with E-state index < -0.39 is 17.8 Å². The van der Waals surface area contributed by atoms with Gasteiger partial charge in [0.1, 0.15) is 48.5 Å². The molecule has 20 heteroatoms. The number of rotatable bonds is 21. The summed E-state index contributed by atoms with van der Waals surface area (Å²) < 4.78 is 33.6. The highest BCUT2D eigenvalue weighted by molar-refractivity contribution is 15.0. The number of benzene rings is 9. The average Bonchev–Trinajstić information content (AvgIpc) is 1.14. The molecule has 0 spiro atoms. The van der Waals surface area contributed by atoms with Crippen LogP contribution in [0.15, 0.2) is 187 Å². The molecular formula is C79H86I2N8O10. The van der Waals surface area contributed by atoms with Crippen LogP contribution in [0.5, 0.6) is 17.2 Å². The minimum Gasteiger partial charge on any atom is -0.489 e. The number of methoxy groups -OCH3 is 3. The third-order valence-corrected chi connectivity index (χ3v) is 18.2. The third kappa shape index (κ3) is 20.6. The summed E-state index contributed by atoms with van der Waals surface area (Å²) in [5.74, 6) is 0.776. The summed E-state index contributed by atoms with van der Waals surface area (Å²) in [4.78, 5) is 53.0. The molecule has 12 rings (SSSR count). The second-order valence-corrected chi connectivity index (χ2v) is 25.3. The highest BCUT2D eigenvalue weighted by atomic mass is 128. The second kappa shape index (κ2) is 36.3. The van der Waals surface area contributed by atoms with E-state index in [1.807, 2.05) is 176 Å². The molecule has 0 aromatic heterocycles. The van der Waals surface area contributed by atoms with Gasteiger partial charge < -0.3 is 59.4 Å². The number of hydrogen-bond acceptors (Lipinski definition) is 15. The second-order valence-electron chi connectivity index (χ2n) is 25.3. The summed E-state index contributed by atoms with van der Waals surface area (Å²) in [6.45, 7) is 13.2. The Morgan fingerprint density at radius 1 is 0.475 bits per heavy atom. The smallest absolute Gasteiger partial charge is 0.313 e. The van der Waals surface area contributed by atoms with Crippen LogP contribution in [-0.2, 0) is 52.7 Å². The lowest BCUT2D eigenvalue weighted by Gasteiger charge is -2.18. The number of fused-ring (bicyclic) bond motifs is 3. The predicted octanol–water partition coefficient (Wildman–Crippen LogP) is 14.1. The highest BCUT2D eigenvalue weighted by Crippen LogP contribution is 2.33. The lowest BCUT2D eigenvalue weighted by atomic mass is 9.91. The van der Waals surface area contributed by atoms with Crippen LogP contribution < -0.4 is 25.7 Å². The Kier molecular flexibility index (Phi) is 27.3. The first-order valence-electron chi connectivity index (χ1n) is 32.8. The molecule has 6 atom stereocenters. The first-order valence-corrected chi connectivity index (χ1v) is 39.1. The Balaban J connectivity index is 0.000000171. The monoisotopic (exact) mass is 1560 g/mol. The number of likely N-dealkylation sites (N-methyl/N-ethyl adjacent to an activating group) is 3. The lowest BCUT2D eigenvalue weighted by molar-refractivity contribution is -0.143. The van der Waals surface area contributed by atoms with Crippen molar-refractivity contribution < 1.29 is 47.6 Å². The average molecular weight is 1560 g/mol. The summed E-state index contributed by atoms with van der Waals surface area (Å²) in [5, 5.41) is 17.7. The SMILES string of the molecule is CO/N=C(\N)c1ccc2ccc(CC(C(=O)OC)c3ccc(OC4CCN(C)C4)cc3)cc2c1.COC(=O)C(Cc1ccc2ccc(C(=N)N)cc2c1)c1ccc(OC2CCN(C)C2)cc1.II.[C-]#[N+]c1ccc2ccc(CC(C(=O)OC)c3ccc(OC4CCN(C)C4)cc3)cc2c1. The van der Waals surface area contributed by atoms with Gasteiger partial charge in [-0.15, -0.1) is 0 Å². The predicted molar refractivity (Wildman–Crippen MR) is 409 cm³/mol. The van der Waals surface area contributed by atoms with E-state index in [1.54, 1.807) is 0 Å². The molecular weight excluding hydrogens is 1470 g/mol. The first-order chi connectivity index (χ1) is 47.9. The summed E-state index contributed by atoms with van der Waals surface area (Å²) in [7, 11) is 12.0. The van der Waals surface area contributed by atoms with E-state index >= 15 is 0 Å². The zero-order valence-electron chi connectivity index (χ0n) is 57.0. The molecule has 9 aromatic rings. The number of carbonyl (C=O) groups is 3. The number of oxime groups is 1. The van der Waals surface area contributed by atoms with Crippen molar-refractivity contribution in [3.8, 4) is 17.2 Å². The maximum absolute atomic E-state index is 12.7. The molecule has 3 aliphatic rings. The Morgan fingerprint density at radius 2 is 0.798 bits per heavy atom. The molecule has 3 fully saturated rings. The maximum atomic E-state index is 12.7. The number of likely N-dealkylation sites (tertiary alicyclic amines) is 3. The van der Waals surface area contributed by atoms with Crippen LogP contribution in [-0.4, -0.2) is 151 Å². The van der Waals surface area contributed by atoms with Gasteiger partial charge in [0.05, 0.1) is 45.7 Å². The van der Waals surface area contributed by atoms with Crippen LogP contribution in [0.4, 0.5) is 5.69 Å². The highest BCUT2D eigenvalue weighted by Gasteiger charge is 2.28. The number of halogens is 2. The van der Waals surface area contributed by atoms with Gasteiger partial charge in [-0.1, -0.05) is 133 Å². The number of nitrogens with one attached hydrogen (secondary N) is 1. The minimum atomic E-state index is -0.419. The molecule has 0 radical (unpaired) electrons. The van der Waals surface area contributed by atoms with Crippen molar-refractivity contribution in [3.05, 3.63) is 238 Å². The minimum absolute atomic E-state index is 0.0382. The number of esters is 3. The number of nitrogens with zero attached hydrogens (tertiary/aromatic N) is 5. The van der Waals surface area contributed by atoms with E-state index in [-0.39, 0.29) is 42.1 Å². The van der Waals surface area contributed by atoms with Crippen molar-refractivity contribution in [1.29, 1.82) is 5.41 Å². The maximum Gasteiger partial charge on any atom is 0.313 e. The fraction of sp³-hybridized carbons (Fsp3) is 0.316. The molecule has 0 bridgehead atoms. The van der Waals surface area contributed by atoms with E-state index in [0.717, 1.165) is 147 Å². The van der Waals surface area contributed by atoms with Crippen LogP contribution in [0.2, 0.25) is 0 Å². The van der Waals surface area contributed by atoms with Gasteiger partial charge in [0.2, 0.25) is 0 Å². The molecule has 0 saturated carbocycles. The zero-order chi connectivity index (χ0) is 70.5. The van der Waals surface area contributed by atoms with E-state index in [1.165, 1.54) is 28.4 Å². The van der Waals surface area contributed by atoms with Gasteiger partial charge in [0, 0.05) is 87.6 Å².